The summed E-state index contributed by atoms with van der Waals surface area (Å²) in [4.78, 5) is 38.2. The maximum atomic E-state index is 12.9. The van der Waals surface area contributed by atoms with Crippen LogP contribution in [0.25, 0.3) is 0 Å². The van der Waals surface area contributed by atoms with Crippen molar-refractivity contribution in [3.05, 3.63) is 85.1 Å². The zero-order valence-corrected chi connectivity index (χ0v) is 46.0. The molecule has 0 aliphatic rings. The van der Waals surface area contributed by atoms with Gasteiger partial charge in [0.15, 0.2) is 6.10 Å². The molecule has 70 heavy (non-hydrogen) atoms. The number of carbonyl (C=O) groups is 3. The van der Waals surface area contributed by atoms with Crippen LogP contribution in [0, 0.1) is 0 Å². The second kappa shape index (κ2) is 58.2. The number of carbonyl (C=O) groups excluding carboxylic acids is 3. The Bertz CT molecular complexity index is 1350. The van der Waals surface area contributed by atoms with E-state index in [0.717, 1.165) is 116 Å². The van der Waals surface area contributed by atoms with Gasteiger partial charge in [0.05, 0.1) is 0 Å². The van der Waals surface area contributed by atoms with E-state index < -0.39 is 6.10 Å². The minimum Gasteiger partial charge on any atom is -0.462 e. The predicted octanol–water partition coefficient (Wildman–Crippen LogP) is 19.9. The van der Waals surface area contributed by atoms with E-state index in [9.17, 15) is 14.4 Å². The van der Waals surface area contributed by atoms with Crippen molar-refractivity contribution >= 4 is 17.9 Å². The Kier molecular flexibility index (Phi) is 55.3. The summed E-state index contributed by atoms with van der Waals surface area (Å²) in [7, 11) is 0. The molecule has 0 aliphatic heterocycles. The Morgan fingerprint density at radius 2 is 0.557 bits per heavy atom. The number of hydrogen-bond acceptors (Lipinski definition) is 6. The van der Waals surface area contributed by atoms with Crippen molar-refractivity contribution in [3.63, 3.8) is 0 Å². The van der Waals surface area contributed by atoms with Crippen LogP contribution in [0.2, 0.25) is 0 Å². The molecule has 0 amide bonds. The lowest BCUT2D eigenvalue weighted by molar-refractivity contribution is -0.167. The van der Waals surface area contributed by atoms with E-state index in [1.165, 1.54) is 128 Å². The molecule has 0 saturated carbocycles. The molecule has 0 fully saturated rings. The van der Waals surface area contributed by atoms with Crippen molar-refractivity contribution in [2.24, 2.45) is 0 Å². The average Bonchev–Trinajstić information content (AvgIpc) is 3.36. The first-order valence-corrected chi connectivity index (χ1v) is 29.6. The summed E-state index contributed by atoms with van der Waals surface area (Å²) in [5.41, 5.74) is 0. The average molecular weight is 976 g/mol. The fraction of sp³-hybridized carbons (Fsp3) is 0.734. The second-order valence-electron chi connectivity index (χ2n) is 19.5. The fourth-order valence-corrected chi connectivity index (χ4v) is 8.27. The van der Waals surface area contributed by atoms with Crippen molar-refractivity contribution in [1.82, 2.24) is 0 Å². The highest BCUT2D eigenvalue weighted by molar-refractivity contribution is 5.71. The van der Waals surface area contributed by atoms with Gasteiger partial charge >= 0.3 is 17.9 Å². The topological polar surface area (TPSA) is 78.9 Å². The predicted molar refractivity (Wildman–Crippen MR) is 302 cm³/mol. The van der Waals surface area contributed by atoms with E-state index in [-0.39, 0.29) is 31.1 Å². The maximum Gasteiger partial charge on any atom is 0.306 e. The van der Waals surface area contributed by atoms with Crippen molar-refractivity contribution in [1.29, 1.82) is 0 Å². The van der Waals surface area contributed by atoms with Gasteiger partial charge in [-0.2, -0.15) is 0 Å². The van der Waals surface area contributed by atoms with Gasteiger partial charge in [0.25, 0.3) is 0 Å². The third kappa shape index (κ3) is 55.5. The van der Waals surface area contributed by atoms with Crippen molar-refractivity contribution in [2.45, 2.75) is 290 Å². The highest BCUT2D eigenvalue weighted by Gasteiger charge is 2.19. The lowest BCUT2D eigenvalue weighted by atomic mass is 10.0. The Morgan fingerprint density at radius 3 is 0.886 bits per heavy atom. The van der Waals surface area contributed by atoms with Crippen LogP contribution in [0.15, 0.2) is 85.1 Å². The van der Waals surface area contributed by atoms with E-state index in [2.05, 4.69) is 106 Å². The molecule has 0 rings (SSSR count). The van der Waals surface area contributed by atoms with Crippen LogP contribution in [0.5, 0.6) is 0 Å². The molecule has 6 heteroatoms. The van der Waals surface area contributed by atoms with E-state index in [1.54, 1.807) is 0 Å². The summed E-state index contributed by atoms with van der Waals surface area (Å²) >= 11 is 0. The molecule has 0 radical (unpaired) electrons. The molecule has 0 spiro atoms. The molecular formula is C64H110O6. The standard InChI is InChI=1S/C64H110O6/c1-4-7-10-13-16-19-22-25-27-29-31-32-33-35-36-39-42-45-48-51-54-57-63(66)69-60-61(59-68-62(65)56-53-50-47-44-41-38-24-21-18-15-12-9-6-3)70-64(67)58-55-52-49-46-43-40-37-34-30-28-26-23-20-17-14-11-8-5-2/h7,9-10,12,16,18-19,21,25,27,31-32,38,41,61H,4-6,8,11,13-15,17,20,22-24,26,28-30,33-37,39-40,42-60H2,1-3H3/b10-7-,12-9-,19-16-,21-18-,27-25-,32-31-,41-38-. The molecule has 0 bridgehead atoms. The van der Waals surface area contributed by atoms with Crippen LogP contribution < -0.4 is 0 Å². The summed E-state index contributed by atoms with van der Waals surface area (Å²) in [6.07, 6.45) is 75.8. The molecule has 0 N–H and O–H groups in total. The number of rotatable bonds is 53. The fourth-order valence-electron chi connectivity index (χ4n) is 8.27. The van der Waals surface area contributed by atoms with Crippen LogP contribution in [0.3, 0.4) is 0 Å². The van der Waals surface area contributed by atoms with Gasteiger partial charge in [-0.25, -0.2) is 0 Å². The smallest absolute Gasteiger partial charge is 0.306 e. The molecule has 0 aromatic carbocycles. The molecule has 6 nitrogen and oxygen atoms in total. The SMILES string of the molecule is CC/C=C\C/C=C\C/C=C\C/C=C\CCCCCCCCCCC(=O)OCC(COC(=O)CCCCC/C=C\C/C=C\C/C=C\CC)OC(=O)CCCCCCCCCCCCCCCCCCCC. The Morgan fingerprint density at radius 1 is 0.300 bits per heavy atom. The van der Waals surface area contributed by atoms with Crippen molar-refractivity contribution in [3.8, 4) is 0 Å². The largest absolute Gasteiger partial charge is 0.462 e. The van der Waals surface area contributed by atoms with Crippen LogP contribution in [-0.4, -0.2) is 37.2 Å². The van der Waals surface area contributed by atoms with Gasteiger partial charge < -0.3 is 14.2 Å². The number of hydrogen-bond donors (Lipinski definition) is 0. The van der Waals surface area contributed by atoms with Gasteiger partial charge in [0.2, 0.25) is 0 Å². The summed E-state index contributed by atoms with van der Waals surface area (Å²) in [6, 6.07) is 0. The highest BCUT2D eigenvalue weighted by Crippen LogP contribution is 2.16. The zero-order chi connectivity index (χ0) is 50.7. The van der Waals surface area contributed by atoms with E-state index in [0.29, 0.717) is 19.3 Å². The Balaban J connectivity index is 4.37. The summed E-state index contributed by atoms with van der Waals surface area (Å²) in [5.74, 6) is -0.916. The molecular weight excluding hydrogens is 865 g/mol. The van der Waals surface area contributed by atoms with Crippen LogP contribution in [-0.2, 0) is 28.6 Å². The molecule has 0 saturated heterocycles. The van der Waals surface area contributed by atoms with Crippen LogP contribution in [0.4, 0.5) is 0 Å². The van der Waals surface area contributed by atoms with Gasteiger partial charge in [-0.05, 0) is 89.9 Å². The molecule has 0 aromatic rings. The first-order chi connectivity index (χ1) is 34.5. The molecule has 0 heterocycles. The minimum atomic E-state index is -0.791. The van der Waals surface area contributed by atoms with Crippen LogP contribution in [0.1, 0.15) is 284 Å². The van der Waals surface area contributed by atoms with Gasteiger partial charge in [0, 0.05) is 19.3 Å². The van der Waals surface area contributed by atoms with Gasteiger partial charge in [-0.1, -0.05) is 260 Å². The monoisotopic (exact) mass is 975 g/mol. The van der Waals surface area contributed by atoms with E-state index in [4.69, 9.17) is 14.2 Å². The minimum absolute atomic E-state index is 0.0884. The third-order valence-electron chi connectivity index (χ3n) is 12.6. The molecule has 1 unspecified atom stereocenters. The van der Waals surface area contributed by atoms with Gasteiger partial charge in [-0.3, -0.25) is 14.4 Å². The number of unbranched alkanes of at least 4 members (excludes halogenated alkanes) is 28. The van der Waals surface area contributed by atoms with Crippen LogP contribution >= 0.6 is 0 Å². The zero-order valence-electron chi connectivity index (χ0n) is 46.0. The van der Waals surface area contributed by atoms with E-state index in [1.807, 2.05) is 0 Å². The Hall–Kier alpha value is -3.41. The quantitative estimate of drug-likeness (QED) is 0.0261. The summed E-state index contributed by atoms with van der Waals surface area (Å²) in [5, 5.41) is 0. The van der Waals surface area contributed by atoms with Crippen molar-refractivity contribution in [2.75, 3.05) is 13.2 Å². The molecule has 0 aliphatic carbocycles. The van der Waals surface area contributed by atoms with E-state index >= 15 is 0 Å². The molecule has 0 aromatic heterocycles. The third-order valence-corrected chi connectivity index (χ3v) is 12.6. The normalized spacial score (nSPS) is 12.7. The highest BCUT2D eigenvalue weighted by atomic mass is 16.6. The lowest BCUT2D eigenvalue weighted by Gasteiger charge is -2.18. The van der Waals surface area contributed by atoms with Crippen molar-refractivity contribution < 1.29 is 28.6 Å². The van der Waals surface area contributed by atoms with Gasteiger partial charge in [-0.15, -0.1) is 0 Å². The summed E-state index contributed by atoms with van der Waals surface area (Å²) in [6.45, 7) is 6.41. The lowest BCUT2D eigenvalue weighted by Crippen LogP contribution is -2.30. The number of allylic oxidation sites excluding steroid dienone is 14. The Labute approximate surface area is 433 Å². The first kappa shape index (κ1) is 66.6. The number of esters is 3. The molecule has 1 atom stereocenters. The molecule has 402 valence electrons. The maximum absolute atomic E-state index is 12.9. The number of ether oxygens (including phenoxy) is 3. The second-order valence-corrected chi connectivity index (χ2v) is 19.5. The summed E-state index contributed by atoms with van der Waals surface area (Å²) < 4.78 is 16.9. The van der Waals surface area contributed by atoms with Gasteiger partial charge in [0.1, 0.15) is 13.2 Å². The first-order valence-electron chi connectivity index (χ1n) is 29.6.